The molecule has 3 fully saturated rings. The Bertz CT molecular complexity index is 1830. The van der Waals surface area contributed by atoms with Gasteiger partial charge in [-0.05, 0) is 102 Å². The second-order valence-electron chi connectivity index (χ2n) is 16.9. The van der Waals surface area contributed by atoms with E-state index in [1.54, 1.807) is 18.2 Å². The van der Waals surface area contributed by atoms with E-state index in [0.717, 1.165) is 55.2 Å². The van der Waals surface area contributed by atoms with E-state index in [1.807, 2.05) is 32.1 Å². The van der Waals surface area contributed by atoms with E-state index in [2.05, 4.69) is 36.7 Å². The number of nitrogens with two attached hydrogens (primary N) is 1. The van der Waals surface area contributed by atoms with Crippen molar-refractivity contribution in [1.82, 2.24) is 5.32 Å². The smallest absolute Gasteiger partial charge is 0.410 e. The van der Waals surface area contributed by atoms with Gasteiger partial charge in [0, 0.05) is 35.3 Å². The first-order valence-corrected chi connectivity index (χ1v) is 20.2. The van der Waals surface area contributed by atoms with Crippen molar-refractivity contribution in [3.8, 4) is 17.6 Å². The molecule has 2 heterocycles. The number of benzene rings is 1. The zero-order valence-electron chi connectivity index (χ0n) is 32.9. The zero-order valence-corrected chi connectivity index (χ0v) is 32.9. The fraction of sp³-hybridized carbons (Fsp3) is 0.565. The van der Waals surface area contributed by atoms with Crippen LogP contribution in [0.3, 0.4) is 0 Å². The number of ether oxygens (including phenoxy) is 2. The third-order valence-electron chi connectivity index (χ3n) is 13.3. The van der Waals surface area contributed by atoms with E-state index >= 15 is 0 Å². The van der Waals surface area contributed by atoms with Gasteiger partial charge in [-0.1, -0.05) is 90.5 Å². The van der Waals surface area contributed by atoms with Gasteiger partial charge in [0.1, 0.15) is 18.5 Å². The summed E-state index contributed by atoms with van der Waals surface area (Å²) in [5.74, 6) is 5.88. The summed E-state index contributed by atoms with van der Waals surface area (Å²) in [5.41, 5.74) is 9.02. The summed E-state index contributed by atoms with van der Waals surface area (Å²) in [7, 11) is 0. The number of aliphatic hydroxyl groups excluding tert-OH is 1. The van der Waals surface area contributed by atoms with E-state index in [0.29, 0.717) is 67.4 Å². The van der Waals surface area contributed by atoms with Crippen molar-refractivity contribution in [2.45, 2.75) is 134 Å². The van der Waals surface area contributed by atoms with Crippen LogP contribution in [0.25, 0.3) is 0 Å². The molecule has 6 N–H and O–H groups in total. The van der Waals surface area contributed by atoms with E-state index in [-0.39, 0.29) is 37.3 Å². The van der Waals surface area contributed by atoms with Gasteiger partial charge in [0.05, 0.1) is 23.9 Å². The quantitative estimate of drug-likeness (QED) is 0.110. The SMILES string of the molecule is C=C1/C=C/C=C(/[C@H]2CC[C@@]3([C@H](CCC4(O)CCCC4)/C(=C(\C)C(=O)Cc4cccc5c4OC(=O)N[C@@H]5N)CC[C@@]3(C)O)[C@@H]2O)COCC#CC/C(C)=C\CC1. The van der Waals surface area contributed by atoms with E-state index in [4.69, 9.17) is 15.2 Å². The molecule has 3 aliphatic carbocycles. The van der Waals surface area contributed by atoms with Crippen molar-refractivity contribution in [3.63, 3.8) is 0 Å². The molecule has 0 aromatic heterocycles. The van der Waals surface area contributed by atoms with E-state index in [9.17, 15) is 24.9 Å². The lowest BCUT2D eigenvalue weighted by Crippen LogP contribution is -2.59. The lowest BCUT2D eigenvalue weighted by molar-refractivity contribution is -0.169. The van der Waals surface area contributed by atoms with Crippen LogP contribution in [0, 0.1) is 29.1 Å². The summed E-state index contributed by atoms with van der Waals surface area (Å²) >= 11 is 0. The molecular weight excluding hydrogens is 693 g/mol. The van der Waals surface area contributed by atoms with Gasteiger partial charge in [0.15, 0.2) is 5.78 Å². The van der Waals surface area contributed by atoms with Crippen LogP contribution in [0.15, 0.2) is 76.9 Å². The Hall–Kier alpha value is -3.78. The van der Waals surface area contributed by atoms with Crippen LogP contribution in [-0.4, -0.2) is 57.7 Å². The number of rotatable bonds is 7. The summed E-state index contributed by atoms with van der Waals surface area (Å²) in [6.07, 6.45) is 14.8. The molecule has 0 saturated heterocycles. The van der Waals surface area contributed by atoms with Gasteiger partial charge in [-0.15, -0.1) is 0 Å². The highest BCUT2D eigenvalue weighted by atomic mass is 16.6. The summed E-state index contributed by atoms with van der Waals surface area (Å²) in [4.78, 5) is 26.5. The van der Waals surface area contributed by atoms with Crippen molar-refractivity contribution < 1.29 is 34.4 Å². The summed E-state index contributed by atoms with van der Waals surface area (Å²) in [6.45, 7) is 10.6. The maximum Gasteiger partial charge on any atom is 0.414 e. The average Bonchev–Trinajstić information content (AvgIpc) is 3.73. The number of ketones is 1. The van der Waals surface area contributed by atoms with E-state index < -0.39 is 35.0 Å². The number of amides is 1. The van der Waals surface area contributed by atoms with Crippen molar-refractivity contribution in [1.29, 1.82) is 0 Å². The minimum Gasteiger partial charge on any atom is -0.410 e. The molecule has 1 spiro atoms. The number of aliphatic hydroxyl groups is 3. The highest BCUT2D eigenvalue weighted by Gasteiger charge is 2.64. The van der Waals surface area contributed by atoms with Crippen LogP contribution in [-0.2, 0) is 16.0 Å². The van der Waals surface area contributed by atoms with Crippen LogP contribution >= 0.6 is 0 Å². The van der Waals surface area contributed by atoms with Crippen molar-refractivity contribution >= 4 is 11.9 Å². The van der Waals surface area contributed by atoms with Crippen LogP contribution in [0.4, 0.5) is 4.79 Å². The topological polar surface area (TPSA) is 151 Å². The molecule has 5 aliphatic rings. The second kappa shape index (κ2) is 17.2. The highest BCUT2D eigenvalue weighted by Crippen LogP contribution is 2.63. The number of carbonyl (C=O) groups excluding carboxylic acids is 2. The number of carbonyl (C=O) groups is 2. The summed E-state index contributed by atoms with van der Waals surface area (Å²) in [5, 5.41) is 39.4. The first kappa shape index (κ1) is 40.9. The molecular formula is C46H60N2O7. The molecule has 0 bridgehead atoms. The molecule has 1 amide bonds. The van der Waals surface area contributed by atoms with Gasteiger partial charge in [0.25, 0.3) is 0 Å². The molecule has 0 unspecified atom stereocenters. The van der Waals surface area contributed by atoms with Crippen molar-refractivity contribution in [2.75, 3.05) is 13.2 Å². The molecule has 9 nitrogen and oxygen atoms in total. The number of hydrogen-bond donors (Lipinski definition) is 5. The van der Waals surface area contributed by atoms with Crippen molar-refractivity contribution in [3.05, 3.63) is 88.1 Å². The Morgan fingerprint density at radius 2 is 1.91 bits per heavy atom. The molecule has 6 rings (SSSR count). The van der Waals surface area contributed by atoms with Crippen LogP contribution in [0.1, 0.15) is 122 Å². The summed E-state index contributed by atoms with van der Waals surface area (Å²) < 4.78 is 11.6. The van der Waals surface area contributed by atoms with Gasteiger partial charge >= 0.3 is 6.09 Å². The average molecular weight is 753 g/mol. The molecule has 9 heteroatoms. The second-order valence-corrected chi connectivity index (χ2v) is 16.9. The first-order valence-electron chi connectivity index (χ1n) is 20.2. The predicted molar refractivity (Wildman–Crippen MR) is 214 cm³/mol. The third-order valence-corrected chi connectivity index (χ3v) is 13.3. The Balaban J connectivity index is 1.35. The molecule has 6 atom stereocenters. The lowest BCUT2D eigenvalue weighted by atomic mass is 9.52. The molecule has 0 radical (unpaired) electrons. The predicted octanol–water partition coefficient (Wildman–Crippen LogP) is 7.37. The van der Waals surface area contributed by atoms with Gasteiger partial charge in [-0.2, -0.15) is 0 Å². The van der Waals surface area contributed by atoms with Crippen LogP contribution < -0.4 is 15.8 Å². The maximum atomic E-state index is 14.3. The lowest BCUT2D eigenvalue weighted by Gasteiger charge is -2.56. The monoisotopic (exact) mass is 752 g/mol. The fourth-order valence-corrected chi connectivity index (χ4v) is 10.1. The number of para-hydroxylation sites is 1. The van der Waals surface area contributed by atoms with E-state index in [1.165, 1.54) is 5.57 Å². The Morgan fingerprint density at radius 1 is 1.13 bits per heavy atom. The summed E-state index contributed by atoms with van der Waals surface area (Å²) in [6, 6.07) is 5.36. The number of nitrogens with one attached hydrogen (secondary N) is 1. The Labute approximate surface area is 326 Å². The molecule has 55 heavy (non-hydrogen) atoms. The molecule has 1 aromatic carbocycles. The number of Topliss-reactive ketones (excluding diaryl/α,β-unsaturated/α-hetero) is 1. The van der Waals surface area contributed by atoms with Crippen molar-refractivity contribution in [2.24, 2.45) is 23.0 Å². The van der Waals surface area contributed by atoms with Crippen LogP contribution in [0.5, 0.6) is 5.75 Å². The number of fused-ring (bicyclic) bond motifs is 1. The highest BCUT2D eigenvalue weighted by molar-refractivity contribution is 5.97. The standard InChI is InChI=1S/C46H60N2O7/c1-30-12-5-8-27-54-29-34(17-10-15-31(2)14-9-13-30)36-20-26-46(41(36)50)38(21-25-45(53)22-6-7-23-45)35(19-24-44(46,4)52)32(3)39(49)28-33-16-11-18-37-40(33)55-43(51)48-42(37)47/h10-11,13,15-18,36,38,41-42,50,52-53H,2,6-7,9,12,14,19-29,47H2,1,3-4H3,(H,48,51)/b15-10+,30-13-,34-17+,35-32+/t36-,38-,41-,42+,44-,46-/m1/s1. The van der Waals surface area contributed by atoms with Gasteiger partial charge in [-0.3, -0.25) is 4.79 Å². The largest absolute Gasteiger partial charge is 0.414 e. The van der Waals surface area contributed by atoms with Gasteiger partial charge in [-0.25, -0.2) is 4.79 Å². The normalized spacial score (nSPS) is 34.7. The van der Waals surface area contributed by atoms with Crippen LogP contribution in [0.2, 0.25) is 0 Å². The Kier molecular flexibility index (Phi) is 12.7. The minimum absolute atomic E-state index is 0.00408. The minimum atomic E-state index is -1.24. The third kappa shape index (κ3) is 8.80. The molecule has 2 aliphatic heterocycles. The molecule has 3 saturated carbocycles. The molecule has 1 aromatic rings. The number of allylic oxidation sites excluding steroid dienone is 8. The number of hydrogen-bond acceptors (Lipinski definition) is 8. The molecule has 296 valence electrons. The Morgan fingerprint density at radius 3 is 2.69 bits per heavy atom. The zero-order chi connectivity index (χ0) is 39.4. The van der Waals surface area contributed by atoms with Gasteiger partial charge < -0.3 is 35.8 Å². The first-order chi connectivity index (χ1) is 26.2. The fourth-order valence-electron chi connectivity index (χ4n) is 10.1. The maximum absolute atomic E-state index is 14.3. The van der Waals surface area contributed by atoms with Gasteiger partial charge in [0.2, 0.25) is 0 Å².